The van der Waals surface area contributed by atoms with Gasteiger partial charge < -0.3 is 5.32 Å². The third-order valence-corrected chi connectivity index (χ3v) is 6.51. The van der Waals surface area contributed by atoms with Gasteiger partial charge in [-0.15, -0.1) is 11.3 Å². The van der Waals surface area contributed by atoms with Crippen LogP contribution in [0, 0.1) is 0 Å². The van der Waals surface area contributed by atoms with Crippen molar-refractivity contribution in [2.75, 3.05) is 11.9 Å². The molecule has 2 aromatic rings. The molecule has 15 heteroatoms. The average Bonchev–Trinajstić information content (AvgIpc) is 3.39. The van der Waals surface area contributed by atoms with Crippen LogP contribution in [0.3, 0.4) is 0 Å². The highest BCUT2D eigenvalue weighted by Crippen LogP contribution is 2.39. The molecular weight excluding hydrogens is 471 g/mol. The lowest BCUT2D eigenvalue weighted by molar-refractivity contribution is -0.140. The van der Waals surface area contributed by atoms with E-state index in [0.29, 0.717) is 6.54 Å². The highest BCUT2D eigenvalue weighted by molar-refractivity contribution is 8.15. The Labute approximate surface area is 186 Å². The first-order valence-corrected chi connectivity index (χ1v) is 10.9. The van der Waals surface area contributed by atoms with E-state index < -0.39 is 41.0 Å². The second-order valence-electron chi connectivity index (χ2n) is 6.53. The molecule has 2 aliphatic rings. The second kappa shape index (κ2) is 8.38. The van der Waals surface area contributed by atoms with Gasteiger partial charge in [0.25, 0.3) is 11.8 Å². The van der Waals surface area contributed by atoms with Crippen LogP contribution in [0.2, 0.25) is 0 Å². The van der Waals surface area contributed by atoms with Gasteiger partial charge in [0.2, 0.25) is 0 Å². The topological polar surface area (TPSA) is 137 Å². The molecule has 2 unspecified atom stereocenters. The van der Waals surface area contributed by atoms with Gasteiger partial charge in [-0.2, -0.15) is 13.2 Å². The highest BCUT2D eigenvalue weighted by Gasteiger charge is 2.44. The monoisotopic (exact) mass is 485 g/mol. The number of thioether (sulfide) groups is 1. The number of rotatable bonds is 4. The molecular formula is C17H14F3N7O3S2. The normalized spacial score (nSPS) is 20.2. The summed E-state index contributed by atoms with van der Waals surface area (Å²) in [5.41, 5.74) is 3.91. The molecule has 4 heterocycles. The molecule has 0 aliphatic carbocycles. The summed E-state index contributed by atoms with van der Waals surface area (Å²) < 4.78 is 39.3. The van der Waals surface area contributed by atoms with Crippen molar-refractivity contribution >= 4 is 51.8 Å². The van der Waals surface area contributed by atoms with E-state index in [1.807, 2.05) is 0 Å². The van der Waals surface area contributed by atoms with Crippen LogP contribution >= 0.6 is 23.1 Å². The molecule has 168 valence electrons. The minimum absolute atomic E-state index is 0.0146. The zero-order valence-corrected chi connectivity index (χ0v) is 17.7. The van der Waals surface area contributed by atoms with E-state index in [2.05, 4.69) is 36.4 Å². The van der Waals surface area contributed by atoms with Crippen molar-refractivity contribution in [3.8, 4) is 10.6 Å². The van der Waals surface area contributed by atoms with Crippen LogP contribution in [0.4, 0.5) is 23.8 Å². The lowest BCUT2D eigenvalue weighted by Gasteiger charge is -2.22. The summed E-state index contributed by atoms with van der Waals surface area (Å²) in [7, 11) is 0. The van der Waals surface area contributed by atoms with Crippen LogP contribution in [0.5, 0.6) is 0 Å². The zero-order valence-electron chi connectivity index (χ0n) is 16.1. The molecule has 0 aromatic carbocycles. The average molecular weight is 485 g/mol. The molecule has 0 saturated carbocycles. The molecule has 32 heavy (non-hydrogen) atoms. The van der Waals surface area contributed by atoms with E-state index in [1.54, 1.807) is 6.92 Å². The van der Waals surface area contributed by atoms with Gasteiger partial charge in [-0.25, -0.2) is 14.8 Å². The number of aromatic nitrogens is 2. The number of nitrogens with zero attached hydrogens (tertiary/aromatic N) is 3. The maximum atomic E-state index is 13.1. The van der Waals surface area contributed by atoms with Crippen LogP contribution in [0.25, 0.3) is 10.6 Å². The molecule has 0 bridgehead atoms. The predicted octanol–water partition coefficient (Wildman–Crippen LogP) is 1.76. The first-order valence-electron chi connectivity index (χ1n) is 9.10. The van der Waals surface area contributed by atoms with Crippen molar-refractivity contribution in [3.05, 3.63) is 28.9 Å². The van der Waals surface area contributed by atoms with Gasteiger partial charge in [0.05, 0.1) is 0 Å². The maximum absolute atomic E-state index is 13.1. The SMILES string of the molecule is CCNC(=O)Nc1cc(-c2nc(C(F)(F)F)cs2)c(C2=NC3C(=O)NNC(=O)C3S2)cn1. The number of thiazole rings is 1. The van der Waals surface area contributed by atoms with E-state index >= 15 is 0 Å². The van der Waals surface area contributed by atoms with Crippen molar-refractivity contribution in [1.29, 1.82) is 0 Å². The van der Waals surface area contributed by atoms with Crippen molar-refractivity contribution in [2.45, 2.75) is 24.4 Å². The summed E-state index contributed by atoms with van der Waals surface area (Å²) in [5.74, 6) is -0.874. The van der Waals surface area contributed by atoms with Gasteiger partial charge in [-0.1, -0.05) is 11.8 Å². The molecule has 2 aromatic heterocycles. The number of halogens is 3. The number of pyridine rings is 1. The fourth-order valence-corrected chi connectivity index (χ4v) is 4.96. The molecule has 4 amide bonds. The maximum Gasteiger partial charge on any atom is 0.434 e. The molecule has 1 saturated heterocycles. The van der Waals surface area contributed by atoms with Gasteiger partial charge in [-0.3, -0.25) is 30.7 Å². The summed E-state index contributed by atoms with van der Waals surface area (Å²) in [6.45, 7) is 2.08. The van der Waals surface area contributed by atoms with Crippen molar-refractivity contribution in [3.63, 3.8) is 0 Å². The third kappa shape index (κ3) is 4.25. The Morgan fingerprint density at radius 1 is 1.22 bits per heavy atom. The van der Waals surface area contributed by atoms with Crippen molar-refractivity contribution in [2.24, 2.45) is 4.99 Å². The van der Waals surface area contributed by atoms with E-state index in [0.717, 1.165) is 28.5 Å². The zero-order chi connectivity index (χ0) is 23.0. The molecule has 0 radical (unpaired) electrons. The Bertz CT molecular complexity index is 1130. The van der Waals surface area contributed by atoms with Crippen molar-refractivity contribution < 1.29 is 27.6 Å². The van der Waals surface area contributed by atoms with Gasteiger partial charge >= 0.3 is 12.2 Å². The van der Waals surface area contributed by atoms with Crippen LogP contribution in [-0.2, 0) is 15.8 Å². The Morgan fingerprint density at radius 2 is 1.97 bits per heavy atom. The Kier molecular flexibility index (Phi) is 5.77. The Balaban J connectivity index is 1.76. The number of anilines is 1. The number of amides is 4. The first-order chi connectivity index (χ1) is 15.2. The lowest BCUT2D eigenvalue weighted by Crippen LogP contribution is -2.58. The van der Waals surface area contributed by atoms with Gasteiger partial charge in [0.15, 0.2) is 11.7 Å². The highest BCUT2D eigenvalue weighted by atomic mass is 32.2. The van der Waals surface area contributed by atoms with E-state index in [9.17, 15) is 27.6 Å². The molecule has 2 aliphatic heterocycles. The number of fused-ring (bicyclic) bond motifs is 1. The van der Waals surface area contributed by atoms with E-state index in [4.69, 9.17) is 0 Å². The number of carbonyl (C=O) groups excluding carboxylic acids is 3. The first kappa shape index (κ1) is 22.0. The summed E-state index contributed by atoms with van der Waals surface area (Å²) in [6, 6.07) is -0.151. The largest absolute Gasteiger partial charge is 0.434 e. The number of alkyl halides is 3. The molecule has 1 fully saturated rings. The second-order valence-corrected chi connectivity index (χ2v) is 8.52. The summed E-state index contributed by atoms with van der Waals surface area (Å²) in [4.78, 5) is 48.1. The number of carbonyl (C=O) groups is 3. The molecule has 4 rings (SSSR count). The van der Waals surface area contributed by atoms with Gasteiger partial charge in [-0.05, 0) is 13.0 Å². The molecule has 2 atom stereocenters. The van der Waals surface area contributed by atoms with E-state index in [-0.39, 0.29) is 27.0 Å². The standard InChI is InChI=1S/C17H14F3N7O3S2/c1-2-21-16(30)24-9-3-6(14-23-8(5-31-14)17(18,19)20)7(4-22-9)15-25-10-11(32-15)13(29)27-26-12(10)28/h3-5,10-11H,2H2,1H3,(H,26,28)(H,27,29)(H2,21,22,24,30). The predicted molar refractivity (Wildman–Crippen MR) is 111 cm³/mol. The fraction of sp³-hybridized carbons (Fsp3) is 0.294. The van der Waals surface area contributed by atoms with E-state index in [1.165, 1.54) is 12.3 Å². The van der Waals surface area contributed by atoms with Crippen LogP contribution in [-0.4, -0.2) is 50.7 Å². The number of urea groups is 1. The van der Waals surface area contributed by atoms with Crippen LogP contribution in [0.1, 0.15) is 18.2 Å². The number of hydrogen-bond acceptors (Lipinski definition) is 8. The minimum Gasteiger partial charge on any atom is -0.338 e. The summed E-state index contributed by atoms with van der Waals surface area (Å²) in [5, 5.41) is 5.34. The number of hydrogen-bond donors (Lipinski definition) is 4. The fourth-order valence-electron chi connectivity index (χ4n) is 2.92. The summed E-state index contributed by atoms with van der Waals surface area (Å²) >= 11 is 1.76. The van der Waals surface area contributed by atoms with Gasteiger partial charge in [0, 0.05) is 29.2 Å². The quantitative estimate of drug-likeness (QED) is 0.521. The minimum atomic E-state index is -4.63. The molecule has 10 nitrogen and oxygen atoms in total. The number of hydrazine groups is 1. The Morgan fingerprint density at radius 3 is 2.62 bits per heavy atom. The number of nitrogens with one attached hydrogen (secondary N) is 4. The lowest BCUT2D eigenvalue weighted by atomic mass is 10.1. The number of aliphatic imine (C=N–C) groups is 1. The van der Waals surface area contributed by atoms with Crippen LogP contribution in [0.15, 0.2) is 22.6 Å². The molecule has 0 spiro atoms. The third-order valence-electron chi connectivity index (χ3n) is 4.36. The Hall–Kier alpha value is -3.20. The smallest absolute Gasteiger partial charge is 0.338 e. The van der Waals surface area contributed by atoms with Crippen LogP contribution < -0.4 is 21.5 Å². The molecule has 4 N–H and O–H groups in total. The van der Waals surface area contributed by atoms with Crippen molar-refractivity contribution in [1.82, 2.24) is 26.1 Å². The van der Waals surface area contributed by atoms with Gasteiger partial charge in [0.1, 0.15) is 21.1 Å². The summed E-state index contributed by atoms with van der Waals surface area (Å²) in [6.07, 6.45) is -3.32.